The van der Waals surface area contributed by atoms with E-state index in [4.69, 9.17) is 4.42 Å². The van der Waals surface area contributed by atoms with Crippen LogP contribution in [-0.4, -0.2) is 30.1 Å². The van der Waals surface area contributed by atoms with Gasteiger partial charge in [-0.05, 0) is 44.8 Å². The lowest BCUT2D eigenvalue weighted by molar-refractivity contribution is 0.0333. The summed E-state index contributed by atoms with van der Waals surface area (Å²) in [5.74, 6) is 0. The Morgan fingerprint density at radius 2 is 1.80 bits per heavy atom. The quantitative estimate of drug-likeness (QED) is 0.891. The van der Waals surface area contributed by atoms with Crippen LogP contribution >= 0.6 is 0 Å². The van der Waals surface area contributed by atoms with Crippen LogP contribution in [0.2, 0.25) is 0 Å². The third-order valence-electron chi connectivity index (χ3n) is 5.17. The maximum Gasteiger partial charge on any atom is 0.0947 e. The molecule has 2 aliphatic rings. The normalized spacial score (nSPS) is 23.8. The van der Waals surface area contributed by atoms with E-state index >= 15 is 0 Å². The molecule has 1 aromatic heterocycles. The van der Waals surface area contributed by atoms with Crippen molar-refractivity contribution in [2.24, 2.45) is 0 Å². The third-order valence-corrected chi connectivity index (χ3v) is 5.17. The first-order valence-corrected chi connectivity index (χ1v) is 8.36. The number of nitrogens with one attached hydrogen (secondary N) is 1. The summed E-state index contributed by atoms with van der Waals surface area (Å²) in [6, 6.07) is 2.06. The van der Waals surface area contributed by atoms with Crippen molar-refractivity contribution in [2.45, 2.75) is 63.5 Å². The van der Waals surface area contributed by atoms with Gasteiger partial charge in [0, 0.05) is 24.2 Å². The second-order valence-electron chi connectivity index (χ2n) is 6.57. The minimum Gasteiger partial charge on any atom is -0.472 e. The smallest absolute Gasteiger partial charge is 0.0947 e. The van der Waals surface area contributed by atoms with Crippen molar-refractivity contribution in [3.05, 3.63) is 24.2 Å². The van der Waals surface area contributed by atoms with Crippen molar-refractivity contribution in [3.8, 4) is 0 Å². The molecule has 1 saturated carbocycles. The van der Waals surface area contributed by atoms with Crippen LogP contribution in [-0.2, 0) is 6.54 Å². The van der Waals surface area contributed by atoms with Crippen LogP contribution in [0.5, 0.6) is 0 Å². The van der Waals surface area contributed by atoms with Crippen molar-refractivity contribution in [1.29, 1.82) is 0 Å². The predicted octanol–water partition coefficient (Wildman–Crippen LogP) is 3.56. The molecule has 0 amide bonds. The molecule has 2 heterocycles. The molecular weight excluding hydrogens is 248 g/mol. The van der Waals surface area contributed by atoms with E-state index in [1.54, 1.807) is 6.26 Å². The Balaban J connectivity index is 1.59. The first-order valence-electron chi connectivity index (χ1n) is 8.36. The Hall–Kier alpha value is -0.800. The van der Waals surface area contributed by atoms with Crippen LogP contribution in [0, 0.1) is 0 Å². The molecule has 0 aromatic carbocycles. The van der Waals surface area contributed by atoms with E-state index in [9.17, 15) is 0 Å². The SMILES string of the molecule is c1cc(CNCC2(N3CCCCC3)CCCCC2)co1. The minimum atomic E-state index is 0.433. The van der Waals surface area contributed by atoms with E-state index in [1.807, 2.05) is 6.26 Å². The first-order chi connectivity index (χ1) is 9.89. The van der Waals surface area contributed by atoms with E-state index in [0.29, 0.717) is 5.54 Å². The van der Waals surface area contributed by atoms with Gasteiger partial charge >= 0.3 is 0 Å². The highest BCUT2D eigenvalue weighted by atomic mass is 16.3. The molecule has 0 spiro atoms. The predicted molar refractivity (Wildman–Crippen MR) is 81.7 cm³/mol. The zero-order chi connectivity index (χ0) is 13.7. The summed E-state index contributed by atoms with van der Waals surface area (Å²) >= 11 is 0. The maximum atomic E-state index is 5.15. The van der Waals surface area contributed by atoms with Gasteiger partial charge in [-0.25, -0.2) is 0 Å². The third kappa shape index (κ3) is 3.26. The maximum absolute atomic E-state index is 5.15. The largest absolute Gasteiger partial charge is 0.472 e. The summed E-state index contributed by atoms with van der Waals surface area (Å²) in [5, 5.41) is 3.69. The van der Waals surface area contributed by atoms with E-state index in [1.165, 1.54) is 70.0 Å². The van der Waals surface area contributed by atoms with Gasteiger partial charge in [-0.15, -0.1) is 0 Å². The zero-order valence-electron chi connectivity index (χ0n) is 12.6. The van der Waals surface area contributed by atoms with Gasteiger partial charge in [-0.3, -0.25) is 4.90 Å². The number of furan rings is 1. The van der Waals surface area contributed by atoms with Crippen LogP contribution in [0.1, 0.15) is 56.9 Å². The average Bonchev–Trinajstić information content (AvgIpc) is 3.02. The highest BCUT2D eigenvalue weighted by Gasteiger charge is 2.37. The molecule has 1 saturated heterocycles. The number of nitrogens with zero attached hydrogens (tertiary/aromatic N) is 1. The molecule has 20 heavy (non-hydrogen) atoms. The van der Waals surface area contributed by atoms with Crippen molar-refractivity contribution in [1.82, 2.24) is 10.2 Å². The van der Waals surface area contributed by atoms with Crippen molar-refractivity contribution < 1.29 is 4.42 Å². The Bertz CT molecular complexity index is 376. The molecule has 1 aliphatic heterocycles. The molecule has 0 radical (unpaired) electrons. The van der Waals surface area contributed by atoms with Gasteiger partial charge in [-0.2, -0.15) is 0 Å². The summed E-state index contributed by atoms with van der Waals surface area (Å²) in [5.41, 5.74) is 1.69. The molecule has 1 N–H and O–H groups in total. The summed E-state index contributed by atoms with van der Waals surface area (Å²) < 4.78 is 5.15. The fourth-order valence-corrected chi connectivity index (χ4v) is 4.02. The van der Waals surface area contributed by atoms with E-state index in [-0.39, 0.29) is 0 Å². The van der Waals surface area contributed by atoms with Gasteiger partial charge in [-0.1, -0.05) is 25.7 Å². The van der Waals surface area contributed by atoms with Gasteiger partial charge in [0.05, 0.1) is 12.5 Å². The van der Waals surface area contributed by atoms with Crippen LogP contribution in [0.25, 0.3) is 0 Å². The lowest BCUT2D eigenvalue weighted by atomic mass is 9.79. The lowest BCUT2D eigenvalue weighted by Gasteiger charge is -2.48. The van der Waals surface area contributed by atoms with Crippen LogP contribution < -0.4 is 5.32 Å². The Morgan fingerprint density at radius 3 is 2.50 bits per heavy atom. The Labute approximate surface area is 122 Å². The fourth-order valence-electron chi connectivity index (χ4n) is 4.02. The second kappa shape index (κ2) is 6.77. The van der Waals surface area contributed by atoms with E-state index in [2.05, 4.69) is 16.3 Å². The van der Waals surface area contributed by atoms with E-state index < -0.39 is 0 Å². The molecule has 0 unspecified atom stereocenters. The minimum absolute atomic E-state index is 0.433. The van der Waals surface area contributed by atoms with Gasteiger partial charge < -0.3 is 9.73 Å². The van der Waals surface area contributed by atoms with Gasteiger partial charge in [0.25, 0.3) is 0 Å². The summed E-state index contributed by atoms with van der Waals surface area (Å²) in [6.07, 6.45) is 14.8. The number of rotatable bonds is 5. The standard InChI is InChI=1S/C17H28N2O/c1-3-8-17(9-4-1,19-10-5-2-6-11-19)15-18-13-16-7-12-20-14-16/h7,12,14,18H,1-6,8-11,13,15H2. The van der Waals surface area contributed by atoms with Crippen molar-refractivity contribution in [2.75, 3.05) is 19.6 Å². The first kappa shape index (κ1) is 14.2. The second-order valence-corrected chi connectivity index (χ2v) is 6.57. The molecular formula is C17H28N2O. The highest BCUT2D eigenvalue weighted by molar-refractivity contribution is 5.05. The topological polar surface area (TPSA) is 28.4 Å². The zero-order valence-corrected chi connectivity index (χ0v) is 12.6. The van der Waals surface area contributed by atoms with Gasteiger partial charge in [0.15, 0.2) is 0 Å². The number of likely N-dealkylation sites (tertiary alicyclic amines) is 1. The molecule has 3 heteroatoms. The molecule has 112 valence electrons. The molecule has 2 fully saturated rings. The van der Waals surface area contributed by atoms with Crippen LogP contribution in [0.4, 0.5) is 0 Å². The summed E-state index contributed by atoms with van der Waals surface area (Å²) in [4.78, 5) is 2.80. The summed E-state index contributed by atoms with van der Waals surface area (Å²) in [7, 11) is 0. The molecule has 1 aliphatic carbocycles. The number of piperidine rings is 1. The molecule has 1 aromatic rings. The van der Waals surface area contributed by atoms with E-state index in [0.717, 1.165) is 13.1 Å². The van der Waals surface area contributed by atoms with Gasteiger partial charge in [0.1, 0.15) is 0 Å². The fraction of sp³-hybridized carbons (Fsp3) is 0.765. The van der Waals surface area contributed by atoms with Crippen molar-refractivity contribution >= 4 is 0 Å². The van der Waals surface area contributed by atoms with Crippen LogP contribution in [0.15, 0.2) is 23.0 Å². The lowest BCUT2D eigenvalue weighted by Crippen LogP contribution is -2.57. The van der Waals surface area contributed by atoms with Crippen molar-refractivity contribution in [3.63, 3.8) is 0 Å². The Kier molecular flexibility index (Phi) is 4.79. The number of hydrogen-bond acceptors (Lipinski definition) is 3. The average molecular weight is 276 g/mol. The molecule has 3 nitrogen and oxygen atoms in total. The molecule has 0 bridgehead atoms. The monoisotopic (exact) mass is 276 g/mol. The van der Waals surface area contributed by atoms with Gasteiger partial charge in [0.2, 0.25) is 0 Å². The molecule has 0 atom stereocenters. The highest BCUT2D eigenvalue weighted by Crippen LogP contribution is 2.35. The Morgan fingerprint density at radius 1 is 1.05 bits per heavy atom. The molecule has 3 rings (SSSR count). The van der Waals surface area contributed by atoms with Crippen LogP contribution in [0.3, 0.4) is 0 Å². The summed E-state index contributed by atoms with van der Waals surface area (Å²) in [6.45, 7) is 4.70. The number of hydrogen-bond donors (Lipinski definition) is 1.